The Balaban J connectivity index is 2.39. The molecule has 0 aromatic carbocycles. The Morgan fingerprint density at radius 1 is 1.82 bits per heavy atom. The zero-order valence-electron chi connectivity index (χ0n) is 6.93. The van der Waals surface area contributed by atoms with E-state index in [0.29, 0.717) is 6.04 Å². The van der Waals surface area contributed by atoms with E-state index in [2.05, 4.69) is 12.2 Å². The number of piperazine rings is 1. The van der Waals surface area contributed by atoms with Gasteiger partial charge in [-0.15, -0.1) is 0 Å². The Kier molecular flexibility index (Phi) is 2.70. The fourth-order valence-corrected chi connectivity index (χ4v) is 1.32. The molecule has 0 bridgehead atoms. The quantitative estimate of drug-likeness (QED) is 0.356. The van der Waals surface area contributed by atoms with Crippen LogP contribution in [0.1, 0.15) is 13.3 Å². The van der Waals surface area contributed by atoms with Crippen LogP contribution in [-0.4, -0.2) is 36.5 Å². The number of hydrogen-bond donors (Lipinski definition) is 3. The minimum Gasteiger partial charge on any atom is -0.370 e. The van der Waals surface area contributed by atoms with Gasteiger partial charge in [0, 0.05) is 25.7 Å². The summed E-state index contributed by atoms with van der Waals surface area (Å²) < 4.78 is 0. The van der Waals surface area contributed by atoms with Crippen LogP contribution in [0.15, 0.2) is 0 Å². The predicted molar refractivity (Wildman–Crippen MR) is 45.6 cm³/mol. The van der Waals surface area contributed by atoms with E-state index in [4.69, 9.17) is 11.1 Å². The largest absolute Gasteiger partial charge is 0.370 e. The normalized spacial score (nSPS) is 25.2. The second-order valence-electron chi connectivity index (χ2n) is 2.89. The van der Waals surface area contributed by atoms with Gasteiger partial charge >= 0.3 is 0 Å². The molecule has 1 aliphatic rings. The van der Waals surface area contributed by atoms with Gasteiger partial charge in [0.1, 0.15) is 0 Å². The van der Waals surface area contributed by atoms with Gasteiger partial charge in [0.25, 0.3) is 0 Å². The van der Waals surface area contributed by atoms with Crippen LogP contribution in [0.4, 0.5) is 0 Å². The van der Waals surface area contributed by atoms with Crippen LogP contribution in [-0.2, 0) is 0 Å². The van der Waals surface area contributed by atoms with Crippen LogP contribution in [0.2, 0.25) is 0 Å². The average molecular weight is 156 g/mol. The van der Waals surface area contributed by atoms with Crippen molar-refractivity contribution in [3.05, 3.63) is 0 Å². The lowest BCUT2D eigenvalue weighted by Crippen LogP contribution is -2.54. The van der Waals surface area contributed by atoms with Crippen LogP contribution in [0.3, 0.4) is 0 Å². The first-order valence-electron chi connectivity index (χ1n) is 4.06. The number of nitrogens with two attached hydrogens (primary N) is 1. The Morgan fingerprint density at radius 2 is 2.55 bits per heavy atom. The van der Waals surface area contributed by atoms with Crippen molar-refractivity contribution >= 4 is 5.96 Å². The molecule has 1 heterocycles. The van der Waals surface area contributed by atoms with Crippen LogP contribution >= 0.6 is 0 Å². The van der Waals surface area contributed by atoms with Crippen molar-refractivity contribution in [2.75, 3.05) is 19.6 Å². The van der Waals surface area contributed by atoms with Gasteiger partial charge in [-0.1, -0.05) is 6.92 Å². The van der Waals surface area contributed by atoms with Crippen molar-refractivity contribution in [1.29, 1.82) is 5.41 Å². The van der Waals surface area contributed by atoms with Gasteiger partial charge in [0.05, 0.1) is 0 Å². The van der Waals surface area contributed by atoms with Gasteiger partial charge in [-0.05, 0) is 6.42 Å². The smallest absolute Gasteiger partial charge is 0.188 e. The standard InChI is InChI=1S/C7H16N4/c1-2-6-5-11(7(8)9)4-3-10-6/h6,10H,2-5H2,1H3,(H3,8,9). The van der Waals surface area contributed by atoms with Gasteiger partial charge in [-0.25, -0.2) is 0 Å². The molecule has 4 heteroatoms. The first kappa shape index (κ1) is 8.33. The molecular weight excluding hydrogens is 140 g/mol. The molecule has 0 radical (unpaired) electrons. The second kappa shape index (κ2) is 3.57. The molecular formula is C7H16N4. The third-order valence-electron chi connectivity index (χ3n) is 2.09. The molecule has 1 saturated heterocycles. The van der Waals surface area contributed by atoms with Crippen molar-refractivity contribution in [2.24, 2.45) is 5.73 Å². The topological polar surface area (TPSA) is 65.1 Å². The first-order valence-corrected chi connectivity index (χ1v) is 4.06. The molecule has 1 unspecified atom stereocenters. The molecule has 1 rings (SSSR count). The van der Waals surface area contributed by atoms with E-state index in [9.17, 15) is 0 Å². The maximum absolute atomic E-state index is 7.23. The van der Waals surface area contributed by atoms with Gasteiger partial charge < -0.3 is 16.0 Å². The average Bonchev–Trinajstić information content (AvgIpc) is 2.05. The van der Waals surface area contributed by atoms with Gasteiger partial charge in [-0.2, -0.15) is 0 Å². The highest BCUT2D eigenvalue weighted by Gasteiger charge is 2.17. The molecule has 1 aliphatic heterocycles. The third-order valence-corrected chi connectivity index (χ3v) is 2.09. The monoisotopic (exact) mass is 156 g/mol. The highest BCUT2D eigenvalue weighted by Crippen LogP contribution is 2.00. The zero-order chi connectivity index (χ0) is 8.27. The predicted octanol–water partition coefficient (Wildman–Crippen LogP) is -0.436. The Morgan fingerprint density at radius 3 is 3.09 bits per heavy atom. The molecule has 0 amide bonds. The Hall–Kier alpha value is -0.770. The van der Waals surface area contributed by atoms with E-state index in [1.54, 1.807) is 0 Å². The summed E-state index contributed by atoms with van der Waals surface area (Å²) in [4.78, 5) is 1.91. The van der Waals surface area contributed by atoms with Crippen LogP contribution in [0.25, 0.3) is 0 Å². The maximum atomic E-state index is 7.23. The summed E-state index contributed by atoms with van der Waals surface area (Å²) in [5.41, 5.74) is 5.37. The summed E-state index contributed by atoms with van der Waals surface area (Å²) in [5.74, 6) is 0.199. The lowest BCUT2D eigenvalue weighted by atomic mass is 10.2. The summed E-state index contributed by atoms with van der Waals surface area (Å²) in [6.07, 6.45) is 1.10. The minimum absolute atomic E-state index is 0.199. The second-order valence-corrected chi connectivity index (χ2v) is 2.89. The molecule has 11 heavy (non-hydrogen) atoms. The molecule has 4 N–H and O–H groups in total. The van der Waals surface area contributed by atoms with Crippen LogP contribution in [0, 0.1) is 5.41 Å². The Bertz CT molecular complexity index is 145. The van der Waals surface area contributed by atoms with Gasteiger partial charge in [-0.3, -0.25) is 5.41 Å². The number of guanidine groups is 1. The van der Waals surface area contributed by atoms with Gasteiger partial charge in [0.2, 0.25) is 0 Å². The lowest BCUT2D eigenvalue weighted by molar-refractivity contribution is 0.283. The number of rotatable bonds is 1. The first-order chi connectivity index (χ1) is 5.24. The van der Waals surface area contributed by atoms with E-state index in [-0.39, 0.29) is 5.96 Å². The maximum Gasteiger partial charge on any atom is 0.188 e. The minimum atomic E-state index is 0.199. The summed E-state index contributed by atoms with van der Waals surface area (Å²) in [5, 5.41) is 10.6. The lowest BCUT2D eigenvalue weighted by Gasteiger charge is -2.33. The number of nitrogens with one attached hydrogen (secondary N) is 2. The zero-order valence-corrected chi connectivity index (χ0v) is 6.93. The summed E-state index contributed by atoms with van der Waals surface area (Å²) in [6.45, 7) is 4.83. The molecule has 1 atom stereocenters. The van der Waals surface area contributed by atoms with Crippen molar-refractivity contribution in [3.8, 4) is 0 Å². The molecule has 0 saturated carbocycles. The fourth-order valence-electron chi connectivity index (χ4n) is 1.32. The number of nitrogens with zero attached hydrogens (tertiary/aromatic N) is 1. The van der Waals surface area contributed by atoms with E-state index in [1.165, 1.54) is 0 Å². The van der Waals surface area contributed by atoms with E-state index in [1.807, 2.05) is 4.90 Å². The highest BCUT2D eigenvalue weighted by molar-refractivity contribution is 5.74. The van der Waals surface area contributed by atoms with Crippen molar-refractivity contribution < 1.29 is 0 Å². The molecule has 4 nitrogen and oxygen atoms in total. The molecule has 0 spiro atoms. The van der Waals surface area contributed by atoms with E-state index < -0.39 is 0 Å². The van der Waals surface area contributed by atoms with Crippen LogP contribution in [0.5, 0.6) is 0 Å². The molecule has 1 fully saturated rings. The molecule has 0 aliphatic carbocycles. The summed E-state index contributed by atoms with van der Waals surface area (Å²) in [6, 6.07) is 0.507. The summed E-state index contributed by atoms with van der Waals surface area (Å²) >= 11 is 0. The molecule has 64 valence electrons. The summed E-state index contributed by atoms with van der Waals surface area (Å²) in [7, 11) is 0. The third kappa shape index (κ3) is 2.08. The van der Waals surface area contributed by atoms with Crippen LogP contribution < -0.4 is 11.1 Å². The van der Waals surface area contributed by atoms with Crippen molar-refractivity contribution in [2.45, 2.75) is 19.4 Å². The molecule has 0 aromatic rings. The van der Waals surface area contributed by atoms with Crippen molar-refractivity contribution in [1.82, 2.24) is 10.2 Å². The van der Waals surface area contributed by atoms with E-state index in [0.717, 1.165) is 26.1 Å². The van der Waals surface area contributed by atoms with Gasteiger partial charge in [0.15, 0.2) is 5.96 Å². The highest BCUT2D eigenvalue weighted by atomic mass is 15.3. The Labute approximate surface area is 67.3 Å². The number of hydrogen-bond acceptors (Lipinski definition) is 2. The van der Waals surface area contributed by atoms with E-state index >= 15 is 0 Å². The molecule has 0 aromatic heterocycles. The van der Waals surface area contributed by atoms with Crippen molar-refractivity contribution in [3.63, 3.8) is 0 Å². The SMILES string of the molecule is CCC1CN(C(=N)N)CCN1. The fraction of sp³-hybridized carbons (Fsp3) is 0.857.